The molecule has 0 saturated heterocycles. The van der Waals surface area contributed by atoms with Gasteiger partial charge in [0.25, 0.3) is 0 Å². The summed E-state index contributed by atoms with van der Waals surface area (Å²) in [7, 11) is -10.2. The summed E-state index contributed by atoms with van der Waals surface area (Å²) < 4.78 is 46.3. The summed E-state index contributed by atoms with van der Waals surface area (Å²) in [5.41, 5.74) is 0.924. The Morgan fingerprint density at radius 2 is 1.26 bits per heavy atom. The maximum Gasteiger partial charge on any atom is 0.751 e. The Hall–Kier alpha value is -1.02. The molecule has 0 spiro atoms. The zero-order valence-electron chi connectivity index (χ0n) is 11.7. The van der Waals surface area contributed by atoms with Crippen molar-refractivity contribution in [1.29, 1.82) is 0 Å². The number of hydrogen-bond acceptors (Lipinski definition) is 8. The van der Waals surface area contributed by atoms with Crippen LogP contribution in [0.25, 0.3) is 0 Å². The predicted octanol–water partition coefficient (Wildman–Crippen LogP) is -1.65. The summed E-state index contributed by atoms with van der Waals surface area (Å²) in [5.74, 6) is 0. The van der Waals surface area contributed by atoms with E-state index in [9.17, 15) is 17.3 Å². The van der Waals surface area contributed by atoms with E-state index in [1.165, 1.54) is 6.26 Å². The highest BCUT2D eigenvalue weighted by molar-refractivity contribution is 6.33. The fourth-order valence-electron chi connectivity index (χ4n) is 0.984. The molecule has 0 bridgehead atoms. The summed E-state index contributed by atoms with van der Waals surface area (Å²) in [4.78, 5) is 0. The molecule has 8 nitrogen and oxygen atoms in total. The van der Waals surface area contributed by atoms with Crippen LogP contribution in [0, 0.1) is 0 Å². The van der Waals surface area contributed by atoms with E-state index in [1.807, 2.05) is 12.2 Å². The summed E-state index contributed by atoms with van der Waals surface area (Å²) in [6.45, 7) is 0. The molecule has 0 atom stereocenters. The standard InChI is InChI=1S/C7H10BFO2.3BFH2O2/c9-8(10)11-6-7-4-2-1-3-5-7;3*2-1(3)4/h2,4,6,10H,1,3,5H2;3*3-4H. The second kappa shape index (κ2) is 19.0. The Labute approximate surface area is 131 Å². The Morgan fingerprint density at radius 1 is 0.870 bits per heavy atom. The molecule has 0 unspecified atom stereocenters. The quantitative estimate of drug-likeness (QED) is 0.178. The third-order valence-electron chi connectivity index (χ3n) is 1.50. The first-order valence-electron chi connectivity index (χ1n) is 5.82. The van der Waals surface area contributed by atoms with Crippen LogP contribution in [0.2, 0.25) is 0 Å². The molecular weight excluding hydrogens is 331 g/mol. The number of rotatable bonds is 2. The van der Waals surface area contributed by atoms with Crippen LogP contribution in [-0.2, 0) is 4.65 Å². The van der Waals surface area contributed by atoms with E-state index in [2.05, 4.69) is 4.65 Å². The minimum absolute atomic E-state index is 0.892. The van der Waals surface area contributed by atoms with E-state index in [1.54, 1.807) is 0 Å². The minimum Gasteiger partial charge on any atom is -0.515 e. The van der Waals surface area contributed by atoms with E-state index >= 15 is 0 Å². The van der Waals surface area contributed by atoms with Crippen molar-refractivity contribution in [2.45, 2.75) is 19.3 Å². The molecule has 0 heterocycles. The van der Waals surface area contributed by atoms with Gasteiger partial charge in [-0.05, 0) is 24.8 Å². The Morgan fingerprint density at radius 3 is 1.52 bits per heavy atom. The van der Waals surface area contributed by atoms with E-state index in [-0.39, 0.29) is 0 Å². The van der Waals surface area contributed by atoms with Crippen LogP contribution >= 0.6 is 0 Å². The van der Waals surface area contributed by atoms with Crippen molar-refractivity contribution in [2.75, 3.05) is 0 Å². The van der Waals surface area contributed by atoms with Gasteiger partial charge in [-0.2, -0.15) is 0 Å². The van der Waals surface area contributed by atoms with Crippen LogP contribution in [-0.4, -0.2) is 64.8 Å². The van der Waals surface area contributed by atoms with Crippen LogP contribution in [0.5, 0.6) is 0 Å². The molecule has 1 rings (SSSR count). The van der Waals surface area contributed by atoms with E-state index in [0.29, 0.717) is 0 Å². The normalized spacial score (nSPS) is 13.3. The zero-order valence-corrected chi connectivity index (χ0v) is 11.7. The lowest BCUT2D eigenvalue weighted by Crippen LogP contribution is -2.06. The van der Waals surface area contributed by atoms with E-state index < -0.39 is 29.6 Å². The molecular formula is C7H16B4F4O8. The molecule has 0 fully saturated rings. The predicted molar refractivity (Wildman–Crippen MR) is 75.1 cm³/mol. The lowest BCUT2D eigenvalue weighted by molar-refractivity contribution is 0.309. The second-order valence-electron chi connectivity index (χ2n) is 3.35. The van der Waals surface area contributed by atoms with Gasteiger partial charge in [-0.15, -0.1) is 0 Å². The van der Waals surface area contributed by atoms with Crippen LogP contribution in [0.3, 0.4) is 0 Å². The summed E-state index contributed by atoms with van der Waals surface area (Å²) >= 11 is 0. The number of allylic oxidation sites excluding steroid dienone is 3. The van der Waals surface area contributed by atoms with Crippen molar-refractivity contribution in [3.8, 4) is 0 Å². The Balaban J connectivity index is -0.000000278. The molecule has 0 aliphatic heterocycles. The first kappa shape index (κ1) is 26.9. The van der Waals surface area contributed by atoms with Crippen LogP contribution in [0.15, 0.2) is 24.0 Å². The third-order valence-corrected chi connectivity index (χ3v) is 1.50. The number of hydrogen-bond donors (Lipinski definition) is 7. The first-order chi connectivity index (χ1) is 10.5. The van der Waals surface area contributed by atoms with Crippen molar-refractivity contribution in [2.24, 2.45) is 0 Å². The SMILES string of the molecule is OB(F)OC=C1C=CCCC1.OB(O)F.OB(O)F.OB(O)F. The van der Waals surface area contributed by atoms with Gasteiger partial charge in [0.15, 0.2) is 0 Å². The lowest BCUT2D eigenvalue weighted by atomic mass is 10.0. The lowest BCUT2D eigenvalue weighted by Gasteiger charge is -2.06. The van der Waals surface area contributed by atoms with E-state index in [0.717, 1.165) is 24.8 Å². The van der Waals surface area contributed by atoms with E-state index in [4.69, 9.17) is 35.2 Å². The molecule has 7 N–H and O–H groups in total. The highest BCUT2D eigenvalue weighted by Crippen LogP contribution is 2.15. The van der Waals surface area contributed by atoms with Gasteiger partial charge < -0.3 is 39.8 Å². The van der Waals surface area contributed by atoms with Gasteiger partial charge in [0.05, 0.1) is 6.26 Å². The molecule has 0 radical (unpaired) electrons. The fraction of sp³-hybridized carbons (Fsp3) is 0.429. The van der Waals surface area contributed by atoms with Gasteiger partial charge in [0.2, 0.25) is 0 Å². The molecule has 0 aromatic rings. The number of halogens is 4. The smallest absolute Gasteiger partial charge is 0.515 e. The van der Waals surface area contributed by atoms with Crippen molar-refractivity contribution in [3.05, 3.63) is 24.0 Å². The monoisotopic (exact) mass is 348 g/mol. The second-order valence-corrected chi connectivity index (χ2v) is 3.35. The van der Waals surface area contributed by atoms with Gasteiger partial charge >= 0.3 is 29.6 Å². The van der Waals surface area contributed by atoms with Gasteiger partial charge in [0.1, 0.15) is 0 Å². The van der Waals surface area contributed by atoms with Gasteiger partial charge in [0, 0.05) is 0 Å². The average molecular weight is 347 g/mol. The molecule has 0 aromatic carbocycles. The topological polar surface area (TPSA) is 151 Å². The van der Waals surface area contributed by atoms with Crippen molar-refractivity contribution < 1.29 is 57.1 Å². The van der Waals surface area contributed by atoms with Crippen LogP contribution < -0.4 is 0 Å². The van der Waals surface area contributed by atoms with Crippen molar-refractivity contribution in [1.82, 2.24) is 0 Å². The van der Waals surface area contributed by atoms with Gasteiger partial charge in [-0.3, -0.25) is 12.9 Å². The minimum atomic E-state index is -2.67. The fourth-order valence-corrected chi connectivity index (χ4v) is 0.984. The van der Waals surface area contributed by atoms with Crippen LogP contribution in [0.4, 0.5) is 17.3 Å². The molecule has 132 valence electrons. The third kappa shape index (κ3) is 52.7. The zero-order chi connectivity index (χ0) is 18.8. The van der Waals surface area contributed by atoms with Crippen LogP contribution in [0.1, 0.15) is 19.3 Å². The molecule has 0 amide bonds. The Kier molecular flexibility index (Phi) is 22.2. The highest BCUT2D eigenvalue weighted by Gasteiger charge is 2.11. The molecule has 1 aliphatic rings. The van der Waals surface area contributed by atoms with Crippen molar-refractivity contribution in [3.63, 3.8) is 0 Å². The molecule has 1 aliphatic carbocycles. The molecule has 0 saturated carbocycles. The first-order valence-corrected chi connectivity index (χ1v) is 5.82. The highest BCUT2D eigenvalue weighted by atomic mass is 19.1. The Bertz CT molecular complexity index is 286. The summed E-state index contributed by atoms with van der Waals surface area (Å²) in [5, 5.41) is 49.8. The average Bonchev–Trinajstić information content (AvgIpc) is 2.35. The van der Waals surface area contributed by atoms with Crippen molar-refractivity contribution >= 4 is 29.6 Å². The largest absolute Gasteiger partial charge is 0.751 e. The summed E-state index contributed by atoms with van der Waals surface area (Å²) in [6, 6.07) is 0. The molecule has 23 heavy (non-hydrogen) atoms. The summed E-state index contributed by atoms with van der Waals surface area (Å²) in [6.07, 6.45) is 8.17. The maximum absolute atomic E-state index is 11.7. The molecule has 16 heteroatoms. The van der Waals surface area contributed by atoms with Gasteiger partial charge in [-0.25, -0.2) is 4.32 Å². The van der Waals surface area contributed by atoms with Gasteiger partial charge in [-0.1, -0.05) is 12.2 Å². The maximum atomic E-state index is 11.7. The molecule has 0 aromatic heterocycles.